The molecule has 1 aliphatic heterocycles. The second kappa shape index (κ2) is 6.48. The van der Waals surface area contributed by atoms with Crippen molar-refractivity contribution in [1.82, 2.24) is 15.0 Å². The number of hydrogen-bond acceptors (Lipinski definition) is 6. The molecular weight excluding hydrogens is 356 g/mol. The summed E-state index contributed by atoms with van der Waals surface area (Å²) in [6.45, 7) is 0.947. The molecule has 2 heterocycles. The zero-order chi connectivity index (χ0) is 18.3. The smallest absolute Gasteiger partial charge is 0.253 e. The molecule has 0 bridgehead atoms. The summed E-state index contributed by atoms with van der Waals surface area (Å²) in [5, 5.41) is 9.09. The molecule has 8 nitrogen and oxygen atoms in total. The SMILES string of the molecule is NS(=O)(=O)C[C@H]1CCN(C(=O)c2ccc(-c3noc(C4CC4)n3)cc2)C1. The van der Waals surface area contributed by atoms with Gasteiger partial charge >= 0.3 is 0 Å². The van der Waals surface area contributed by atoms with E-state index in [1.165, 1.54) is 0 Å². The van der Waals surface area contributed by atoms with Crippen molar-refractivity contribution < 1.29 is 17.7 Å². The van der Waals surface area contributed by atoms with Crippen LogP contribution in [0.1, 0.15) is 41.4 Å². The minimum absolute atomic E-state index is 0.0864. The Morgan fingerprint density at radius 1 is 1.23 bits per heavy atom. The molecule has 1 aromatic carbocycles. The fourth-order valence-electron chi connectivity index (χ4n) is 3.27. The van der Waals surface area contributed by atoms with Crippen molar-refractivity contribution in [1.29, 1.82) is 0 Å². The number of amides is 1. The number of sulfonamides is 1. The van der Waals surface area contributed by atoms with Crippen molar-refractivity contribution in [3.63, 3.8) is 0 Å². The summed E-state index contributed by atoms with van der Waals surface area (Å²) in [5.74, 6) is 1.31. The Balaban J connectivity index is 1.42. The molecular formula is C17H20N4O4S. The molecule has 26 heavy (non-hydrogen) atoms. The van der Waals surface area contributed by atoms with E-state index in [1.54, 1.807) is 29.2 Å². The van der Waals surface area contributed by atoms with E-state index >= 15 is 0 Å². The Labute approximate surface area is 151 Å². The van der Waals surface area contributed by atoms with E-state index in [0.717, 1.165) is 18.4 Å². The van der Waals surface area contributed by atoms with Crippen LogP contribution in [-0.4, -0.2) is 48.2 Å². The Morgan fingerprint density at radius 3 is 2.62 bits per heavy atom. The zero-order valence-electron chi connectivity index (χ0n) is 14.2. The van der Waals surface area contributed by atoms with Gasteiger partial charge in [0.2, 0.25) is 21.7 Å². The topological polar surface area (TPSA) is 119 Å². The minimum atomic E-state index is -3.52. The first-order valence-electron chi connectivity index (χ1n) is 8.63. The van der Waals surface area contributed by atoms with Crippen LogP contribution in [0.3, 0.4) is 0 Å². The lowest BCUT2D eigenvalue weighted by Gasteiger charge is -2.16. The van der Waals surface area contributed by atoms with Crippen molar-refractivity contribution in [3.8, 4) is 11.4 Å². The molecule has 1 amide bonds. The molecule has 138 valence electrons. The number of likely N-dealkylation sites (tertiary alicyclic amines) is 1. The lowest BCUT2D eigenvalue weighted by molar-refractivity contribution is 0.0788. The van der Waals surface area contributed by atoms with Gasteiger partial charge in [-0.2, -0.15) is 4.98 Å². The van der Waals surface area contributed by atoms with Gasteiger partial charge in [0.05, 0.1) is 5.75 Å². The van der Waals surface area contributed by atoms with E-state index in [4.69, 9.17) is 9.66 Å². The highest BCUT2D eigenvalue weighted by atomic mass is 32.2. The number of nitrogens with zero attached hydrogens (tertiary/aromatic N) is 3. The fraction of sp³-hybridized carbons (Fsp3) is 0.471. The number of benzene rings is 1. The van der Waals surface area contributed by atoms with Crippen LogP contribution in [0.15, 0.2) is 28.8 Å². The van der Waals surface area contributed by atoms with E-state index in [1.807, 2.05) is 0 Å². The first kappa shape index (κ1) is 17.2. The molecule has 4 rings (SSSR count). The van der Waals surface area contributed by atoms with Gasteiger partial charge in [-0.3, -0.25) is 4.79 Å². The van der Waals surface area contributed by atoms with E-state index in [9.17, 15) is 13.2 Å². The molecule has 2 N–H and O–H groups in total. The van der Waals surface area contributed by atoms with Gasteiger partial charge in [0.25, 0.3) is 5.91 Å². The van der Waals surface area contributed by atoms with Gasteiger partial charge in [-0.05, 0) is 37.3 Å². The first-order chi connectivity index (χ1) is 12.4. The van der Waals surface area contributed by atoms with Gasteiger partial charge in [-0.1, -0.05) is 17.3 Å². The van der Waals surface area contributed by atoms with Crippen molar-refractivity contribution in [2.75, 3.05) is 18.8 Å². The van der Waals surface area contributed by atoms with Crippen LogP contribution in [0.5, 0.6) is 0 Å². The quantitative estimate of drug-likeness (QED) is 0.841. The average molecular weight is 376 g/mol. The monoisotopic (exact) mass is 376 g/mol. The summed E-state index contributed by atoms with van der Waals surface area (Å²) < 4.78 is 27.7. The summed E-state index contributed by atoms with van der Waals surface area (Å²) in [6.07, 6.45) is 2.84. The second-order valence-electron chi connectivity index (χ2n) is 7.04. The molecule has 1 saturated carbocycles. The van der Waals surface area contributed by atoms with Crippen molar-refractivity contribution in [2.24, 2.45) is 11.1 Å². The van der Waals surface area contributed by atoms with Gasteiger partial charge in [0, 0.05) is 30.1 Å². The molecule has 1 atom stereocenters. The lowest BCUT2D eigenvalue weighted by Crippen LogP contribution is -2.30. The maximum absolute atomic E-state index is 12.6. The Hall–Kier alpha value is -2.26. The Bertz CT molecular complexity index is 918. The van der Waals surface area contributed by atoms with Crippen LogP contribution in [0, 0.1) is 5.92 Å². The van der Waals surface area contributed by atoms with E-state index in [2.05, 4.69) is 10.1 Å². The van der Waals surface area contributed by atoms with Crippen molar-refractivity contribution >= 4 is 15.9 Å². The number of hydrogen-bond donors (Lipinski definition) is 1. The first-order valence-corrected chi connectivity index (χ1v) is 10.3. The van der Waals surface area contributed by atoms with Crippen LogP contribution in [0.25, 0.3) is 11.4 Å². The van der Waals surface area contributed by atoms with Gasteiger partial charge in [0.1, 0.15) is 0 Å². The number of carbonyl (C=O) groups is 1. The summed E-state index contributed by atoms with van der Waals surface area (Å²) in [7, 11) is -3.52. The highest BCUT2D eigenvalue weighted by molar-refractivity contribution is 7.89. The normalized spacial score (nSPS) is 20.5. The standard InChI is InChI=1S/C17H20N4O4S/c18-26(23,24)10-11-7-8-21(9-11)17(22)14-5-1-12(2-6-14)15-19-16(25-20-15)13-3-4-13/h1-2,5-6,11,13H,3-4,7-10H2,(H2,18,23,24)/t11-/m0/s1. The maximum atomic E-state index is 12.6. The van der Waals surface area contributed by atoms with Crippen molar-refractivity contribution in [2.45, 2.75) is 25.2 Å². The number of carbonyl (C=O) groups excluding carboxylic acids is 1. The van der Waals surface area contributed by atoms with E-state index in [0.29, 0.717) is 42.7 Å². The highest BCUT2D eigenvalue weighted by Crippen LogP contribution is 2.39. The number of nitrogens with two attached hydrogens (primary N) is 1. The molecule has 0 unspecified atom stereocenters. The maximum Gasteiger partial charge on any atom is 0.253 e. The minimum Gasteiger partial charge on any atom is -0.339 e. The summed E-state index contributed by atoms with van der Waals surface area (Å²) >= 11 is 0. The molecule has 2 aromatic rings. The Kier molecular flexibility index (Phi) is 4.28. The molecule has 0 radical (unpaired) electrons. The number of aromatic nitrogens is 2. The molecule has 1 aliphatic carbocycles. The van der Waals surface area contributed by atoms with E-state index < -0.39 is 10.0 Å². The molecule has 2 aliphatic rings. The van der Waals surface area contributed by atoms with Gasteiger partial charge in [-0.25, -0.2) is 13.6 Å². The van der Waals surface area contributed by atoms with Gasteiger partial charge in [0.15, 0.2) is 0 Å². The Morgan fingerprint density at radius 2 is 1.96 bits per heavy atom. The van der Waals surface area contributed by atoms with Crippen molar-refractivity contribution in [3.05, 3.63) is 35.7 Å². The van der Waals surface area contributed by atoms with Crippen LogP contribution in [0.2, 0.25) is 0 Å². The zero-order valence-corrected chi connectivity index (χ0v) is 15.0. The predicted octanol–water partition coefficient (Wildman–Crippen LogP) is 1.36. The highest BCUT2D eigenvalue weighted by Gasteiger charge is 2.30. The molecule has 9 heteroatoms. The third kappa shape index (κ3) is 3.78. The third-order valence-corrected chi connectivity index (χ3v) is 5.74. The molecule has 1 saturated heterocycles. The van der Waals surface area contributed by atoms with Crippen LogP contribution in [-0.2, 0) is 10.0 Å². The predicted molar refractivity (Wildman–Crippen MR) is 93.7 cm³/mol. The molecule has 1 aromatic heterocycles. The third-order valence-electron chi connectivity index (χ3n) is 4.80. The van der Waals surface area contributed by atoms with Crippen LogP contribution >= 0.6 is 0 Å². The lowest BCUT2D eigenvalue weighted by atomic mass is 10.1. The van der Waals surface area contributed by atoms with Crippen LogP contribution < -0.4 is 5.14 Å². The summed E-state index contributed by atoms with van der Waals surface area (Å²) in [4.78, 5) is 18.7. The molecule has 0 spiro atoms. The van der Waals surface area contributed by atoms with Crippen LogP contribution in [0.4, 0.5) is 0 Å². The molecule has 2 fully saturated rings. The second-order valence-corrected chi connectivity index (χ2v) is 8.70. The summed E-state index contributed by atoms with van der Waals surface area (Å²) in [5.41, 5.74) is 1.35. The fourth-order valence-corrected chi connectivity index (χ4v) is 4.20. The van der Waals surface area contributed by atoms with Gasteiger partial charge < -0.3 is 9.42 Å². The summed E-state index contributed by atoms with van der Waals surface area (Å²) in [6, 6.07) is 7.06. The van der Waals surface area contributed by atoms with Gasteiger partial charge in [-0.15, -0.1) is 0 Å². The number of primary sulfonamides is 1. The average Bonchev–Trinajstić information content (AvgIpc) is 3.15. The van der Waals surface area contributed by atoms with E-state index in [-0.39, 0.29) is 17.6 Å². The number of rotatable bonds is 5. The largest absolute Gasteiger partial charge is 0.339 e.